The van der Waals surface area contributed by atoms with E-state index in [9.17, 15) is 9.59 Å². The molecule has 0 unspecified atom stereocenters. The van der Waals surface area contributed by atoms with Gasteiger partial charge in [-0.15, -0.1) is 0 Å². The normalized spacial score (nSPS) is 15.9. The standard InChI is InChI=1S/C22H24N6O2/c1-14-10-15(2)27-21(29)16(14)12-24-22(30)18-11-20(26-13-25-18)28-9-5-7-19(28)17-6-3-4-8-23-17/h3-4,6,8,10-11,13,19H,5,7,9,12H2,1-2H3,(H,24,30)(H,27,29)/t19-/m1/s1. The fourth-order valence-electron chi connectivity index (χ4n) is 3.91. The smallest absolute Gasteiger partial charge is 0.270 e. The van der Waals surface area contributed by atoms with Gasteiger partial charge in [-0.05, 0) is 50.5 Å². The van der Waals surface area contributed by atoms with Crippen LogP contribution in [0.4, 0.5) is 5.82 Å². The van der Waals surface area contributed by atoms with Crippen LogP contribution in [0.15, 0.2) is 47.7 Å². The average Bonchev–Trinajstić information content (AvgIpc) is 3.23. The van der Waals surface area contributed by atoms with E-state index in [-0.39, 0.29) is 29.7 Å². The first-order valence-electron chi connectivity index (χ1n) is 10.00. The minimum atomic E-state index is -0.341. The zero-order chi connectivity index (χ0) is 21.1. The van der Waals surface area contributed by atoms with Crippen LogP contribution >= 0.6 is 0 Å². The Morgan fingerprint density at radius 1 is 1.23 bits per heavy atom. The first-order valence-corrected chi connectivity index (χ1v) is 10.00. The number of amides is 1. The fraction of sp³-hybridized carbons (Fsp3) is 0.318. The molecule has 1 atom stereocenters. The van der Waals surface area contributed by atoms with Crippen LogP contribution in [0.25, 0.3) is 0 Å². The number of rotatable bonds is 5. The molecule has 0 spiro atoms. The number of pyridine rings is 2. The summed E-state index contributed by atoms with van der Waals surface area (Å²) in [6.07, 6.45) is 5.21. The van der Waals surface area contributed by atoms with Crippen molar-refractivity contribution in [2.45, 2.75) is 39.3 Å². The van der Waals surface area contributed by atoms with Crippen molar-refractivity contribution in [2.24, 2.45) is 0 Å². The van der Waals surface area contributed by atoms with Gasteiger partial charge in [-0.25, -0.2) is 9.97 Å². The summed E-state index contributed by atoms with van der Waals surface area (Å²) in [5.74, 6) is 0.360. The van der Waals surface area contributed by atoms with Gasteiger partial charge < -0.3 is 15.2 Å². The van der Waals surface area contributed by atoms with E-state index in [2.05, 4.69) is 30.2 Å². The minimum absolute atomic E-state index is 0.130. The molecule has 1 saturated heterocycles. The minimum Gasteiger partial charge on any atom is -0.348 e. The van der Waals surface area contributed by atoms with Crippen molar-refractivity contribution in [1.29, 1.82) is 0 Å². The van der Waals surface area contributed by atoms with Crippen molar-refractivity contribution in [2.75, 3.05) is 11.4 Å². The van der Waals surface area contributed by atoms with Crippen molar-refractivity contribution in [1.82, 2.24) is 25.3 Å². The zero-order valence-corrected chi connectivity index (χ0v) is 17.1. The van der Waals surface area contributed by atoms with Crippen LogP contribution in [0, 0.1) is 13.8 Å². The van der Waals surface area contributed by atoms with Gasteiger partial charge in [-0.3, -0.25) is 14.6 Å². The molecule has 4 heterocycles. The molecule has 1 amide bonds. The number of H-pyrrole nitrogens is 1. The third-order valence-corrected chi connectivity index (χ3v) is 5.38. The van der Waals surface area contributed by atoms with Gasteiger partial charge in [0.05, 0.1) is 11.7 Å². The van der Waals surface area contributed by atoms with Crippen LogP contribution in [0.5, 0.6) is 0 Å². The molecular formula is C22H24N6O2. The molecule has 8 heteroatoms. The topological polar surface area (TPSA) is 104 Å². The van der Waals surface area contributed by atoms with Crippen LogP contribution in [-0.4, -0.2) is 32.4 Å². The van der Waals surface area contributed by atoms with Gasteiger partial charge in [0, 0.05) is 36.6 Å². The first-order chi connectivity index (χ1) is 14.5. The summed E-state index contributed by atoms with van der Waals surface area (Å²) in [6, 6.07) is 9.60. The Morgan fingerprint density at radius 3 is 2.87 bits per heavy atom. The van der Waals surface area contributed by atoms with Gasteiger partial charge in [-0.2, -0.15) is 0 Å². The number of carbonyl (C=O) groups is 1. The Morgan fingerprint density at radius 2 is 2.10 bits per heavy atom. The second kappa shape index (κ2) is 8.44. The Balaban J connectivity index is 1.51. The molecular weight excluding hydrogens is 380 g/mol. The first kappa shape index (κ1) is 19.8. The molecule has 1 aliphatic heterocycles. The van der Waals surface area contributed by atoms with Gasteiger partial charge in [0.1, 0.15) is 17.8 Å². The molecule has 0 radical (unpaired) electrons. The van der Waals surface area contributed by atoms with Crippen molar-refractivity contribution < 1.29 is 4.79 Å². The SMILES string of the molecule is Cc1cc(C)c(CNC(=O)c2cc(N3CCC[C@@H]3c3ccccn3)ncn2)c(=O)[nH]1. The Hall–Kier alpha value is -3.55. The number of anilines is 1. The van der Waals surface area contributed by atoms with Crippen molar-refractivity contribution in [3.63, 3.8) is 0 Å². The van der Waals surface area contributed by atoms with Crippen LogP contribution in [-0.2, 0) is 6.54 Å². The molecule has 0 saturated carbocycles. The Bertz CT molecular complexity index is 1110. The highest BCUT2D eigenvalue weighted by atomic mass is 16.2. The molecule has 1 aliphatic rings. The van der Waals surface area contributed by atoms with E-state index in [1.165, 1.54) is 6.33 Å². The van der Waals surface area contributed by atoms with Crippen LogP contribution < -0.4 is 15.8 Å². The number of nitrogens with one attached hydrogen (secondary N) is 2. The summed E-state index contributed by atoms with van der Waals surface area (Å²) < 4.78 is 0. The average molecular weight is 404 g/mol. The summed E-state index contributed by atoms with van der Waals surface area (Å²) in [6.45, 7) is 4.67. The lowest BCUT2D eigenvalue weighted by Crippen LogP contribution is -2.29. The predicted molar refractivity (Wildman–Crippen MR) is 113 cm³/mol. The fourth-order valence-corrected chi connectivity index (χ4v) is 3.91. The second-order valence-electron chi connectivity index (χ2n) is 7.49. The third kappa shape index (κ3) is 4.07. The van der Waals surface area contributed by atoms with Gasteiger partial charge in [-0.1, -0.05) is 6.07 Å². The van der Waals surface area contributed by atoms with Crippen LogP contribution in [0.2, 0.25) is 0 Å². The van der Waals surface area contributed by atoms with Crippen molar-refractivity contribution in [3.05, 3.63) is 81.4 Å². The van der Waals surface area contributed by atoms with E-state index in [4.69, 9.17) is 0 Å². The van der Waals surface area contributed by atoms with E-state index >= 15 is 0 Å². The van der Waals surface area contributed by atoms with E-state index in [0.717, 1.165) is 36.3 Å². The number of aromatic nitrogens is 4. The van der Waals surface area contributed by atoms with Crippen molar-refractivity contribution in [3.8, 4) is 0 Å². The molecule has 3 aromatic heterocycles. The van der Waals surface area contributed by atoms with Crippen molar-refractivity contribution >= 4 is 11.7 Å². The number of aromatic amines is 1. The summed E-state index contributed by atoms with van der Waals surface area (Å²) in [5.41, 5.74) is 3.25. The van der Waals surface area contributed by atoms with Crippen LogP contribution in [0.3, 0.4) is 0 Å². The molecule has 3 aromatic rings. The Labute approximate surface area is 174 Å². The molecule has 2 N–H and O–H groups in total. The lowest BCUT2D eigenvalue weighted by Gasteiger charge is -2.25. The highest BCUT2D eigenvalue weighted by Crippen LogP contribution is 2.34. The summed E-state index contributed by atoms with van der Waals surface area (Å²) in [7, 11) is 0. The number of hydrogen-bond acceptors (Lipinski definition) is 6. The molecule has 8 nitrogen and oxygen atoms in total. The molecule has 30 heavy (non-hydrogen) atoms. The number of hydrogen-bond donors (Lipinski definition) is 2. The maximum absolute atomic E-state index is 12.7. The van der Waals surface area contributed by atoms with E-state index in [0.29, 0.717) is 11.4 Å². The van der Waals surface area contributed by atoms with Gasteiger partial charge >= 0.3 is 0 Å². The lowest BCUT2D eigenvalue weighted by atomic mass is 10.1. The summed E-state index contributed by atoms with van der Waals surface area (Å²) >= 11 is 0. The predicted octanol–water partition coefficient (Wildman–Crippen LogP) is 2.45. The quantitative estimate of drug-likeness (QED) is 0.677. The van der Waals surface area contributed by atoms with Gasteiger partial charge in [0.15, 0.2) is 0 Å². The highest BCUT2D eigenvalue weighted by Gasteiger charge is 2.28. The lowest BCUT2D eigenvalue weighted by molar-refractivity contribution is 0.0945. The maximum Gasteiger partial charge on any atom is 0.270 e. The summed E-state index contributed by atoms with van der Waals surface area (Å²) in [4.78, 5) is 42.8. The van der Waals surface area contributed by atoms with E-state index in [1.54, 1.807) is 12.3 Å². The number of aryl methyl sites for hydroxylation is 2. The second-order valence-corrected chi connectivity index (χ2v) is 7.49. The number of carbonyl (C=O) groups excluding carboxylic acids is 1. The maximum atomic E-state index is 12.7. The summed E-state index contributed by atoms with van der Waals surface area (Å²) in [5, 5.41) is 2.80. The zero-order valence-electron chi connectivity index (χ0n) is 17.1. The van der Waals surface area contributed by atoms with E-state index in [1.807, 2.05) is 38.1 Å². The molecule has 0 aliphatic carbocycles. The van der Waals surface area contributed by atoms with E-state index < -0.39 is 0 Å². The Kier molecular flexibility index (Phi) is 5.56. The largest absolute Gasteiger partial charge is 0.348 e. The van der Waals surface area contributed by atoms with Crippen LogP contribution in [0.1, 0.15) is 51.9 Å². The molecule has 0 bridgehead atoms. The molecule has 0 aromatic carbocycles. The van der Waals surface area contributed by atoms with Gasteiger partial charge in [0.2, 0.25) is 0 Å². The number of nitrogens with zero attached hydrogens (tertiary/aromatic N) is 4. The monoisotopic (exact) mass is 404 g/mol. The molecule has 1 fully saturated rings. The van der Waals surface area contributed by atoms with Gasteiger partial charge in [0.25, 0.3) is 11.5 Å². The highest BCUT2D eigenvalue weighted by molar-refractivity contribution is 5.92. The molecule has 154 valence electrons. The third-order valence-electron chi connectivity index (χ3n) is 5.38. The molecule has 4 rings (SSSR count).